The molecule has 7 heteroatoms. The summed E-state index contributed by atoms with van der Waals surface area (Å²) >= 11 is 0. The molecule has 0 atom stereocenters. The van der Waals surface area contributed by atoms with Gasteiger partial charge in [0.15, 0.2) is 0 Å². The third-order valence-electron chi connectivity index (χ3n) is 4.64. The Balaban J connectivity index is 4.64. The van der Waals surface area contributed by atoms with Gasteiger partial charge in [0.25, 0.3) is 0 Å². The molecule has 0 heterocycles. The summed E-state index contributed by atoms with van der Waals surface area (Å²) in [5.74, 6) is -2.83. The summed E-state index contributed by atoms with van der Waals surface area (Å²) in [6, 6.07) is 0. The maximum Gasteiger partial charge on any atom is 0.309 e. The zero-order chi connectivity index (χ0) is 19.8. The van der Waals surface area contributed by atoms with Crippen LogP contribution in [0, 0.1) is 0 Å². The van der Waals surface area contributed by atoms with Crippen LogP contribution in [-0.2, 0) is 14.4 Å². The van der Waals surface area contributed by atoms with Gasteiger partial charge in [0.05, 0.1) is 45.4 Å². The van der Waals surface area contributed by atoms with Crippen LogP contribution in [0.15, 0.2) is 12.2 Å². The van der Waals surface area contributed by atoms with Crippen molar-refractivity contribution < 1.29 is 34.2 Å². The lowest BCUT2D eigenvalue weighted by Gasteiger charge is -2.38. The molecule has 0 fully saturated rings. The van der Waals surface area contributed by atoms with Gasteiger partial charge in [-0.2, -0.15) is 0 Å². The maximum atomic E-state index is 11.0. The second-order valence-electron chi connectivity index (χ2n) is 6.79. The number of rotatable bonds is 17. The standard InChI is InChI=1S/C19H33NO6/c1-2-3-4-5-6-7-8-9-13-20(14-10-17(21)22,15-11-18(23)24)16-12-19(25)26/h2-3H,4-16H2,1H3,(H2-,21,22,23,24,25,26)/p+1/b3-2+. The first-order chi connectivity index (χ1) is 12.3. The number of quaternary nitrogens is 1. The molecule has 0 bridgehead atoms. The van der Waals surface area contributed by atoms with Crippen LogP contribution in [0.25, 0.3) is 0 Å². The number of hydrogen-bond donors (Lipinski definition) is 3. The predicted molar refractivity (Wildman–Crippen MR) is 99.0 cm³/mol. The summed E-state index contributed by atoms with van der Waals surface area (Å²) in [7, 11) is 0. The third kappa shape index (κ3) is 13.4. The lowest BCUT2D eigenvalue weighted by molar-refractivity contribution is -0.927. The molecule has 7 nitrogen and oxygen atoms in total. The van der Waals surface area contributed by atoms with Crippen molar-refractivity contribution in [2.45, 2.75) is 64.7 Å². The highest BCUT2D eigenvalue weighted by Gasteiger charge is 2.29. The Bertz CT molecular complexity index is 415. The van der Waals surface area contributed by atoms with Gasteiger partial charge in [0.1, 0.15) is 0 Å². The van der Waals surface area contributed by atoms with Crippen LogP contribution in [0.3, 0.4) is 0 Å². The second-order valence-corrected chi connectivity index (χ2v) is 6.79. The Labute approximate surface area is 155 Å². The van der Waals surface area contributed by atoms with E-state index in [1.807, 2.05) is 13.0 Å². The molecule has 0 aromatic carbocycles. The van der Waals surface area contributed by atoms with E-state index in [0.29, 0.717) is 6.54 Å². The van der Waals surface area contributed by atoms with Crippen LogP contribution in [-0.4, -0.2) is 63.9 Å². The first kappa shape index (κ1) is 24.1. The quantitative estimate of drug-likeness (QED) is 0.205. The summed E-state index contributed by atoms with van der Waals surface area (Å²) in [6.45, 7) is 3.46. The van der Waals surface area contributed by atoms with E-state index in [4.69, 9.17) is 15.3 Å². The van der Waals surface area contributed by atoms with Crippen molar-refractivity contribution in [2.75, 3.05) is 26.2 Å². The van der Waals surface area contributed by atoms with Gasteiger partial charge in [-0.05, 0) is 32.6 Å². The average molecular weight is 372 g/mol. The van der Waals surface area contributed by atoms with Crippen molar-refractivity contribution in [3.05, 3.63) is 12.2 Å². The molecule has 0 aliphatic carbocycles. The number of aliphatic carboxylic acids is 3. The Morgan fingerprint density at radius 2 is 1.12 bits per heavy atom. The highest BCUT2D eigenvalue weighted by Crippen LogP contribution is 2.16. The fraction of sp³-hybridized carbons (Fsp3) is 0.737. The van der Waals surface area contributed by atoms with Gasteiger partial charge in [-0.15, -0.1) is 0 Å². The molecule has 0 rings (SSSR count). The van der Waals surface area contributed by atoms with Gasteiger partial charge in [0, 0.05) is 0 Å². The fourth-order valence-corrected chi connectivity index (χ4v) is 3.08. The van der Waals surface area contributed by atoms with E-state index >= 15 is 0 Å². The molecule has 26 heavy (non-hydrogen) atoms. The molecular formula is C19H34NO6+. The molecule has 0 saturated carbocycles. The molecule has 0 amide bonds. The van der Waals surface area contributed by atoms with Crippen LogP contribution in [0.5, 0.6) is 0 Å². The number of hydrogen-bond acceptors (Lipinski definition) is 3. The molecule has 0 aromatic rings. The molecule has 0 saturated heterocycles. The predicted octanol–water partition coefficient (Wildman–Crippen LogP) is 3.14. The minimum Gasteiger partial charge on any atom is -0.481 e. The summed E-state index contributed by atoms with van der Waals surface area (Å²) in [5.41, 5.74) is 0. The molecule has 0 aliphatic rings. The average Bonchev–Trinajstić information content (AvgIpc) is 2.57. The van der Waals surface area contributed by atoms with Gasteiger partial charge in [0.2, 0.25) is 0 Å². The maximum absolute atomic E-state index is 11.0. The summed E-state index contributed by atoms with van der Waals surface area (Å²) in [4.78, 5) is 32.9. The van der Waals surface area contributed by atoms with E-state index in [2.05, 4.69) is 6.08 Å². The van der Waals surface area contributed by atoms with Gasteiger partial charge in [-0.3, -0.25) is 14.4 Å². The molecule has 0 unspecified atom stereocenters. The highest BCUT2D eigenvalue weighted by molar-refractivity contribution is 5.67. The van der Waals surface area contributed by atoms with Crippen LogP contribution >= 0.6 is 0 Å². The zero-order valence-electron chi connectivity index (χ0n) is 15.9. The third-order valence-corrected chi connectivity index (χ3v) is 4.64. The molecule has 3 N–H and O–H groups in total. The fourth-order valence-electron chi connectivity index (χ4n) is 3.08. The number of carbonyl (C=O) groups is 3. The largest absolute Gasteiger partial charge is 0.481 e. The van der Waals surface area contributed by atoms with Crippen LogP contribution in [0.2, 0.25) is 0 Å². The lowest BCUT2D eigenvalue weighted by Crippen LogP contribution is -2.52. The molecule has 150 valence electrons. The lowest BCUT2D eigenvalue weighted by atomic mass is 10.1. The molecule has 0 spiro atoms. The Morgan fingerprint density at radius 3 is 1.54 bits per heavy atom. The van der Waals surface area contributed by atoms with E-state index in [-0.39, 0.29) is 43.4 Å². The first-order valence-electron chi connectivity index (χ1n) is 9.43. The zero-order valence-corrected chi connectivity index (χ0v) is 15.9. The Morgan fingerprint density at radius 1 is 0.692 bits per heavy atom. The van der Waals surface area contributed by atoms with E-state index in [1.54, 1.807) is 0 Å². The monoisotopic (exact) mass is 372 g/mol. The van der Waals surface area contributed by atoms with Crippen molar-refractivity contribution in [1.29, 1.82) is 0 Å². The van der Waals surface area contributed by atoms with Gasteiger partial charge in [-0.1, -0.05) is 25.0 Å². The number of unbranched alkanes of at least 4 members (excludes halogenated alkanes) is 5. The minimum atomic E-state index is -0.942. The van der Waals surface area contributed by atoms with Crippen molar-refractivity contribution >= 4 is 17.9 Å². The molecule has 0 aliphatic heterocycles. The summed E-state index contributed by atoms with van der Waals surface area (Å²) < 4.78 is 0.253. The van der Waals surface area contributed by atoms with Gasteiger partial charge >= 0.3 is 17.9 Å². The highest BCUT2D eigenvalue weighted by atomic mass is 16.4. The van der Waals surface area contributed by atoms with Crippen LogP contribution < -0.4 is 0 Å². The van der Waals surface area contributed by atoms with E-state index in [9.17, 15) is 14.4 Å². The Hall–Kier alpha value is -1.89. The van der Waals surface area contributed by atoms with E-state index in [1.165, 1.54) is 0 Å². The molecular weight excluding hydrogens is 338 g/mol. The molecule has 0 aromatic heterocycles. The smallest absolute Gasteiger partial charge is 0.309 e. The Kier molecular flexibility index (Phi) is 13.3. The SMILES string of the molecule is C/C=C/CCCCCCC[N+](CCC(=O)O)(CCC(=O)O)CCC(=O)O. The summed E-state index contributed by atoms with van der Waals surface area (Å²) in [6.07, 6.45) is 10.2. The van der Waals surface area contributed by atoms with Crippen LogP contribution in [0.1, 0.15) is 64.7 Å². The van der Waals surface area contributed by atoms with Crippen molar-refractivity contribution in [3.8, 4) is 0 Å². The number of carboxylic acid groups (broad SMARTS) is 3. The number of nitrogens with zero attached hydrogens (tertiary/aromatic N) is 1. The normalized spacial score (nSPS) is 11.7. The topological polar surface area (TPSA) is 112 Å². The van der Waals surface area contributed by atoms with E-state index < -0.39 is 17.9 Å². The van der Waals surface area contributed by atoms with Crippen molar-refractivity contribution in [2.24, 2.45) is 0 Å². The van der Waals surface area contributed by atoms with Crippen molar-refractivity contribution in [3.63, 3.8) is 0 Å². The second kappa shape index (κ2) is 14.3. The number of carboxylic acids is 3. The summed E-state index contributed by atoms with van der Waals surface area (Å²) in [5, 5.41) is 27.0. The molecule has 0 radical (unpaired) electrons. The van der Waals surface area contributed by atoms with Gasteiger partial charge in [-0.25, -0.2) is 0 Å². The first-order valence-corrected chi connectivity index (χ1v) is 9.43. The minimum absolute atomic E-state index is 0.0808. The number of allylic oxidation sites excluding steroid dienone is 2. The van der Waals surface area contributed by atoms with E-state index in [0.717, 1.165) is 38.5 Å². The van der Waals surface area contributed by atoms with Crippen molar-refractivity contribution in [1.82, 2.24) is 0 Å². The van der Waals surface area contributed by atoms with Gasteiger partial charge < -0.3 is 19.8 Å². The van der Waals surface area contributed by atoms with Crippen LogP contribution in [0.4, 0.5) is 0 Å².